The van der Waals surface area contributed by atoms with E-state index in [0.29, 0.717) is 5.88 Å². The molecular weight excluding hydrogens is 298 g/mol. The van der Waals surface area contributed by atoms with E-state index in [1.54, 1.807) is 12.1 Å². The number of aryl methyl sites for hydroxylation is 1. The number of benzene rings is 1. The first-order valence-electron chi connectivity index (χ1n) is 6.97. The number of nitrogens with one attached hydrogen (secondary N) is 1. The number of methoxy groups -OCH3 is 1. The van der Waals surface area contributed by atoms with Crippen molar-refractivity contribution in [2.75, 3.05) is 7.11 Å². The van der Waals surface area contributed by atoms with Crippen LogP contribution in [0.5, 0.6) is 5.88 Å². The number of carboxylic acid groups (broad SMARTS) is 1. The van der Waals surface area contributed by atoms with Crippen molar-refractivity contribution in [2.24, 2.45) is 0 Å². The van der Waals surface area contributed by atoms with E-state index in [1.165, 1.54) is 19.2 Å². The molecule has 1 atom stereocenters. The predicted molar refractivity (Wildman–Crippen MR) is 82.2 cm³/mol. The van der Waals surface area contributed by atoms with Gasteiger partial charge in [0.1, 0.15) is 0 Å². The Morgan fingerprint density at radius 2 is 1.96 bits per heavy atom. The first kappa shape index (κ1) is 16.4. The maximum atomic E-state index is 12.3. The van der Waals surface area contributed by atoms with E-state index < -0.39 is 17.9 Å². The van der Waals surface area contributed by atoms with Gasteiger partial charge in [-0.05, 0) is 24.1 Å². The van der Waals surface area contributed by atoms with Crippen LogP contribution in [0.15, 0.2) is 36.4 Å². The topological polar surface area (TPSA) is 101 Å². The van der Waals surface area contributed by atoms with Crippen LogP contribution in [-0.4, -0.2) is 34.3 Å². The molecule has 120 valence electrons. The quantitative estimate of drug-likeness (QED) is 0.842. The Kier molecular flexibility index (Phi) is 5.24. The standard InChI is InChI=1S/C16H17N3O4/c1-10-5-3-4-6-11(10)13(9-15(20)21)17-16(22)12-7-8-14(23-2)19-18-12/h3-8,13H,9H2,1-2H3,(H,17,22)(H,20,21). The Bertz CT molecular complexity index is 701. The second-order valence-corrected chi connectivity index (χ2v) is 4.94. The maximum Gasteiger partial charge on any atom is 0.305 e. The lowest BCUT2D eigenvalue weighted by atomic mass is 9.98. The summed E-state index contributed by atoms with van der Waals surface area (Å²) in [5.74, 6) is -1.20. The third-order valence-electron chi connectivity index (χ3n) is 3.33. The summed E-state index contributed by atoms with van der Waals surface area (Å²) in [5, 5.41) is 19.3. The average molecular weight is 315 g/mol. The van der Waals surface area contributed by atoms with E-state index in [1.807, 2.05) is 19.1 Å². The number of aliphatic carboxylic acids is 1. The minimum atomic E-state index is -1.00. The highest BCUT2D eigenvalue weighted by Crippen LogP contribution is 2.21. The first-order chi connectivity index (χ1) is 11.0. The number of carbonyl (C=O) groups excluding carboxylic acids is 1. The Balaban J connectivity index is 2.21. The molecule has 0 spiro atoms. The molecule has 1 aromatic heterocycles. The molecule has 1 aromatic carbocycles. The molecule has 0 fully saturated rings. The van der Waals surface area contributed by atoms with Gasteiger partial charge in [-0.15, -0.1) is 10.2 Å². The maximum absolute atomic E-state index is 12.3. The summed E-state index contributed by atoms with van der Waals surface area (Å²) < 4.78 is 4.88. The number of nitrogens with zero attached hydrogens (tertiary/aromatic N) is 2. The second-order valence-electron chi connectivity index (χ2n) is 4.94. The number of amides is 1. The van der Waals surface area contributed by atoms with Gasteiger partial charge in [0.05, 0.1) is 19.6 Å². The van der Waals surface area contributed by atoms with E-state index in [-0.39, 0.29) is 12.1 Å². The molecule has 7 heteroatoms. The Morgan fingerprint density at radius 1 is 1.22 bits per heavy atom. The third-order valence-corrected chi connectivity index (χ3v) is 3.33. The Labute approximate surface area is 133 Å². The highest BCUT2D eigenvalue weighted by molar-refractivity contribution is 5.92. The lowest BCUT2D eigenvalue weighted by Gasteiger charge is -2.19. The van der Waals surface area contributed by atoms with Crippen LogP contribution in [0.3, 0.4) is 0 Å². The second kappa shape index (κ2) is 7.35. The van der Waals surface area contributed by atoms with Gasteiger partial charge in [0.15, 0.2) is 5.69 Å². The van der Waals surface area contributed by atoms with Crippen molar-refractivity contribution in [3.8, 4) is 5.88 Å². The molecule has 0 radical (unpaired) electrons. The van der Waals surface area contributed by atoms with Gasteiger partial charge in [-0.3, -0.25) is 9.59 Å². The van der Waals surface area contributed by atoms with Crippen LogP contribution in [0.25, 0.3) is 0 Å². The van der Waals surface area contributed by atoms with Gasteiger partial charge >= 0.3 is 5.97 Å². The van der Waals surface area contributed by atoms with E-state index in [9.17, 15) is 9.59 Å². The molecule has 0 saturated heterocycles. The van der Waals surface area contributed by atoms with Gasteiger partial charge in [-0.2, -0.15) is 0 Å². The number of rotatable bonds is 6. The number of ether oxygens (including phenoxy) is 1. The molecule has 0 aliphatic rings. The van der Waals surface area contributed by atoms with Crippen LogP contribution >= 0.6 is 0 Å². The number of hydrogen-bond donors (Lipinski definition) is 2. The molecule has 7 nitrogen and oxygen atoms in total. The highest BCUT2D eigenvalue weighted by atomic mass is 16.5. The number of carbonyl (C=O) groups is 2. The molecule has 23 heavy (non-hydrogen) atoms. The fraction of sp³-hybridized carbons (Fsp3) is 0.250. The molecule has 2 aromatic rings. The van der Waals surface area contributed by atoms with Crippen LogP contribution in [0, 0.1) is 6.92 Å². The SMILES string of the molecule is COc1ccc(C(=O)NC(CC(=O)O)c2ccccc2C)nn1. The number of hydrogen-bond acceptors (Lipinski definition) is 5. The van der Waals surface area contributed by atoms with Gasteiger partial charge in [0, 0.05) is 6.07 Å². The van der Waals surface area contributed by atoms with Gasteiger partial charge in [-0.25, -0.2) is 0 Å². The zero-order chi connectivity index (χ0) is 16.8. The van der Waals surface area contributed by atoms with E-state index in [0.717, 1.165) is 11.1 Å². The normalized spacial score (nSPS) is 11.6. The van der Waals surface area contributed by atoms with Crippen molar-refractivity contribution in [1.82, 2.24) is 15.5 Å². The average Bonchev–Trinajstić information content (AvgIpc) is 2.54. The largest absolute Gasteiger partial charge is 0.481 e. The fourth-order valence-corrected chi connectivity index (χ4v) is 2.17. The minimum Gasteiger partial charge on any atom is -0.481 e. The van der Waals surface area contributed by atoms with Crippen molar-refractivity contribution in [1.29, 1.82) is 0 Å². The Hall–Kier alpha value is -2.96. The van der Waals surface area contributed by atoms with Crippen LogP contribution in [0.2, 0.25) is 0 Å². The smallest absolute Gasteiger partial charge is 0.305 e. The van der Waals surface area contributed by atoms with Crippen LogP contribution < -0.4 is 10.1 Å². The molecule has 0 saturated carbocycles. The summed E-state index contributed by atoms with van der Waals surface area (Å²) in [6, 6.07) is 9.65. The number of aromatic nitrogens is 2. The summed E-state index contributed by atoms with van der Waals surface area (Å²) in [6.07, 6.45) is -0.222. The summed E-state index contributed by atoms with van der Waals surface area (Å²) in [4.78, 5) is 23.4. The summed E-state index contributed by atoms with van der Waals surface area (Å²) in [5.41, 5.74) is 1.75. The lowest BCUT2D eigenvalue weighted by Crippen LogP contribution is -2.31. The van der Waals surface area contributed by atoms with Gasteiger partial charge < -0.3 is 15.2 Å². The predicted octanol–water partition coefficient (Wildman–Crippen LogP) is 1.74. The first-order valence-corrected chi connectivity index (χ1v) is 6.97. The molecule has 2 N–H and O–H groups in total. The number of carboxylic acids is 1. The van der Waals surface area contributed by atoms with Crippen LogP contribution in [0.4, 0.5) is 0 Å². The Morgan fingerprint density at radius 3 is 2.52 bits per heavy atom. The summed E-state index contributed by atoms with van der Waals surface area (Å²) >= 11 is 0. The van der Waals surface area contributed by atoms with Gasteiger partial charge in [0.2, 0.25) is 5.88 Å². The zero-order valence-electron chi connectivity index (χ0n) is 12.8. The van der Waals surface area contributed by atoms with E-state index >= 15 is 0 Å². The van der Waals surface area contributed by atoms with E-state index in [2.05, 4.69) is 15.5 Å². The van der Waals surface area contributed by atoms with Crippen LogP contribution in [0.1, 0.15) is 34.1 Å². The van der Waals surface area contributed by atoms with Crippen molar-refractivity contribution in [3.05, 3.63) is 53.2 Å². The van der Waals surface area contributed by atoms with Gasteiger partial charge in [-0.1, -0.05) is 24.3 Å². The molecule has 2 rings (SSSR count). The molecule has 1 unspecified atom stereocenters. The molecule has 1 heterocycles. The molecule has 0 bridgehead atoms. The monoisotopic (exact) mass is 315 g/mol. The van der Waals surface area contributed by atoms with Gasteiger partial charge in [0.25, 0.3) is 5.91 Å². The lowest BCUT2D eigenvalue weighted by molar-refractivity contribution is -0.137. The van der Waals surface area contributed by atoms with E-state index in [4.69, 9.17) is 9.84 Å². The van der Waals surface area contributed by atoms with Crippen LogP contribution in [-0.2, 0) is 4.79 Å². The fourth-order valence-electron chi connectivity index (χ4n) is 2.17. The molecule has 1 amide bonds. The van der Waals surface area contributed by atoms with Crippen molar-refractivity contribution in [3.63, 3.8) is 0 Å². The summed E-state index contributed by atoms with van der Waals surface area (Å²) in [6.45, 7) is 1.86. The summed E-state index contributed by atoms with van der Waals surface area (Å²) in [7, 11) is 1.45. The highest BCUT2D eigenvalue weighted by Gasteiger charge is 2.21. The van der Waals surface area contributed by atoms with Crippen molar-refractivity contribution in [2.45, 2.75) is 19.4 Å². The van der Waals surface area contributed by atoms with Crippen molar-refractivity contribution >= 4 is 11.9 Å². The molecule has 0 aliphatic heterocycles. The third kappa shape index (κ3) is 4.26. The zero-order valence-corrected chi connectivity index (χ0v) is 12.8. The molecular formula is C16H17N3O4. The minimum absolute atomic E-state index is 0.0924. The molecule has 0 aliphatic carbocycles. The van der Waals surface area contributed by atoms with Crippen molar-refractivity contribution < 1.29 is 19.4 Å².